The van der Waals surface area contributed by atoms with Crippen LogP contribution >= 0.6 is 0 Å². The van der Waals surface area contributed by atoms with Crippen molar-refractivity contribution in [3.05, 3.63) is 29.6 Å². The van der Waals surface area contributed by atoms with Crippen LogP contribution in [0, 0.1) is 5.82 Å². The van der Waals surface area contributed by atoms with Gasteiger partial charge < -0.3 is 16.8 Å². The Kier molecular flexibility index (Phi) is 3.47. The zero-order valence-electron chi connectivity index (χ0n) is 9.59. The summed E-state index contributed by atoms with van der Waals surface area (Å²) in [4.78, 5) is 0. The van der Waals surface area contributed by atoms with E-state index in [1.807, 2.05) is 0 Å². The number of nitrogen functional groups attached to an aromatic ring is 1. The standard InChI is InChI=1S/C11H15F3N4/c12-8-2-1-6(15)3-7(8)11(10(13)14)5-17-4-9(16)18-11/h1-3,9-10,17-18H,4-5,15-16H2/t9?,11-/m0/s1. The van der Waals surface area contributed by atoms with Crippen molar-refractivity contribution in [2.24, 2.45) is 5.73 Å². The number of nitrogens with one attached hydrogen (secondary N) is 2. The number of alkyl halides is 2. The molecule has 1 aromatic rings. The van der Waals surface area contributed by atoms with Gasteiger partial charge in [-0.25, -0.2) is 13.2 Å². The van der Waals surface area contributed by atoms with E-state index in [-0.39, 0.29) is 17.8 Å². The first kappa shape index (κ1) is 13.1. The van der Waals surface area contributed by atoms with E-state index in [9.17, 15) is 13.2 Å². The van der Waals surface area contributed by atoms with E-state index >= 15 is 0 Å². The average Bonchev–Trinajstić information content (AvgIpc) is 2.32. The number of nitrogens with two attached hydrogens (primary N) is 2. The fourth-order valence-corrected chi connectivity index (χ4v) is 2.17. The number of halogens is 3. The van der Waals surface area contributed by atoms with Gasteiger partial charge in [0.15, 0.2) is 0 Å². The molecule has 0 saturated carbocycles. The molecule has 0 spiro atoms. The lowest BCUT2D eigenvalue weighted by molar-refractivity contribution is 0.00589. The quantitative estimate of drug-likeness (QED) is 0.579. The van der Waals surface area contributed by atoms with Gasteiger partial charge in [0, 0.05) is 24.3 Å². The predicted octanol–water partition coefficient (Wildman–Crippen LogP) is 0.346. The first-order chi connectivity index (χ1) is 8.45. The van der Waals surface area contributed by atoms with E-state index < -0.39 is 23.9 Å². The molecule has 1 heterocycles. The largest absolute Gasteiger partial charge is 0.399 e. The van der Waals surface area contributed by atoms with Crippen molar-refractivity contribution in [1.29, 1.82) is 0 Å². The Morgan fingerprint density at radius 3 is 2.72 bits per heavy atom. The molecule has 1 unspecified atom stereocenters. The highest BCUT2D eigenvalue weighted by molar-refractivity contribution is 5.45. The summed E-state index contributed by atoms with van der Waals surface area (Å²) in [7, 11) is 0. The highest BCUT2D eigenvalue weighted by Gasteiger charge is 2.46. The lowest BCUT2D eigenvalue weighted by Gasteiger charge is -2.41. The van der Waals surface area contributed by atoms with Crippen molar-refractivity contribution < 1.29 is 13.2 Å². The van der Waals surface area contributed by atoms with Gasteiger partial charge in [-0.3, -0.25) is 5.32 Å². The molecule has 1 saturated heterocycles. The van der Waals surface area contributed by atoms with Crippen molar-refractivity contribution >= 4 is 5.69 Å². The maximum Gasteiger partial charge on any atom is 0.262 e. The smallest absolute Gasteiger partial charge is 0.262 e. The summed E-state index contributed by atoms with van der Waals surface area (Å²) in [5, 5.41) is 5.36. The third-order valence-corrected chi connectivity index (χ3v) is 3.05. The number of piperazine rings is 1. The summed E-state index contributed by atoms with van der Waals surface area (Å²) in [6, 6.07) is 3.62. The molecule has 2 rings (SSSR count). The minimum Gasteiger partial charge on any atom is -0.399 e. The minimum atomic E-state index is -2.81. The molecule has 0 bridgehead atoms. The van der Waals surface area contributed by atoms with E-state index in [1.54, 1.807) is 0 Å². The van der Waals surface area contributed by atoms with Gasteiger partial charge in [0.2, 0.25) is 0 Å². The Morgan fingerprint density at radius 1 is 1.39 bits per heavy atom. The number of benzene rings is 1. The van der Waals surface area contributed by atoms with Gasteiger partial charge >= 0.3 is 0 Å². The molecule has 1 aromatic carbocycles. The van der Waals surface area contributed by atoms with Crippen LogP contribution in [-0.4, -0.2) is 25.7 Å². The van der Waals surface area contributed by atoms with Crippen LogP contribution in [0.5, 0.6) is 0 Å². The monoisotopic (exact) mass is 260 g/mol. The Balaban J connectivity index is 2.49. The van der Waals surface area contributed by atoms with E-state index in [4.69, 9.17) is 11.5 Å². The van der Waals surface area contributed by atoms with Crippen molar-refractivity contribution in [1.82, 2.24) is 10.6 Å². The molecule has 1 aliphatic heterocycles. The van der Waals surface area contributed by atoms with Crippen LogP contribution in [-0.2, 0) is 5.54 Å². The molecule has 0 aromatic heterocycles. The van der Waals surface area contributed by atoms with E-state index in [2.05, 4.69) is 10.6 Å². The van der Waals surface area contributed by atoms with Crippen LogP contribution in [0.1, 0.15) is 5.56 Å². The lowest BCUT2D eigenvalue weighted by atomic mass is 9.87. The van der Waals surface area contributed by atoms with Gasteiger partial charge in [-0.15, -0.1) is 0 Å². The zero-order valence-corrected chi connectivity index (χ0v) is 9.59. The highest BCUT2D eigenvalue weighted by atomic mass is 19.3. The number of rotatable bonds is 2. The molecule has 6 N–H and O–H groups in total. The first-order valence-electron chi connectivity index (χ1n) is 5.53. The molecular weight excluding hydrogens is 245 g/mol. The molecule has 2 atom stereocenters. The van der Waals surface area contributed by atoms with Crippen LogP contribution in [0.4, 0.5) is 18.9 Å². The molecule has 100 valence electrons. The lowest BCUT2D eigenvalue weighted by Crippen LogP contribution is -2.67. The second-order valence-electron chi connectivity index (χ2n) is 4.39. The van der Waals surface area contributed by atoms with E-state index in [0.717, 1.165) is 6.07 Å². The normalized spacial score (nSPS) is 28.6. The molecule has 0 radical (unpaired) electrons. The average molecular weight is 260 g/mol. The summed E-state index contributed by atoms with van der Waals surface area (Å²) in [5.41, 5.74) is 9.36. The van der Waals surface area contributed by atoms with Gasteiger partial charge in [0.05, 0.1) is 6.17 Å². The number of anilines is 1. The van der Waals surface area contributed by atoms with Crippen molar-refractivity contribution in [2.75, 3.05) is 18.8 Å². The molecule has 1 aliphatic rings. The van der Waals surface area contributed by atoms with Gasteiger partial charge in [-0.1, -0.05) is 0 Å². The van der Waals surface area contributed by atoms with Crippen LogP contribution in [0.3, 0.4) is 0 Å². The third kappa shape index (κ3) is 2.16. The maximum absolute atomic E-state index is 13.8. The summed E-state index contributed by atoms with van der Waals surface area (Å²) >= 11 is 0. The predicted molar refractivity (Wildman–Crippen MR) is 62.5 cm³/mol. The summed E-state index contributed by atoms with van der Waals surface area (Å²) in [6.07, 6.45) is -3.48. The molecule has 0 amide bonds. The third-order valence-electron chi connectivity index (χ3n) is 3.05. The Hall–Kier alpha value is -1.31. The second-order valence-corrected chi connectivity index (χ2v) is 4.39. The molecule has 18 heavy (non-hydrogen) atoms. The fourth-order valence-electron chi connectivity index (χ4n) is 2.17. The molecule has 1 fully saturated rings. The van der Waals surface area contributed by atoms with Crippen molar-refractivity contribution in [3.8, 4) is 0 Å². The fraction of sp³-hybridized carbons (Fsp3) is 0.455. The van der Waals surface area contributed by atoms with E-state index in [1.165, 1.54) is 12.1 Å². The van der Waals surface area contributed by atoms with E-state index in [0.29, 0.717) is 6.54 Å². The zero-order chi connectivity index (χ0) is 13.3. The Labute approximate surface area is 103 Å². The molecule has 7 heteroatoms. The van der Waals surface area contributed by atoms with Crippen LogP contribution in [0.15, 0.2) is 18.2 Å². The second kappa shape index (κ2) is 4.75. The number of hydrogen-bond donors (Lipinski definition) is 4. The van der Waals surface area contributed by atoms with Crippen LogP contribution < -0.4 is 22.1 Å². The first-order valence-corrected chi connectivity index (χ1v) is 5.53. The SMILES string of the molecule is Nc1ccc(F)c([C@]2(C(F)F)CNCC(N)N2)c1. The molecule has 4 nitrogen and oxygen atoms in total. The number of hydrogen-bond acceptors (Lipinski definition) is 4. The van der Waals surface area contributed by atoms with Crippen molar-refractivity contribution in [3.63, 3.8) is 0 Å². The van der Waals surface area contributed by atoms with Gasteiger partial charge in [0.25, 0.3) is 6.43 Å². The van der Waals surface area contributed by atoms with Gasteiger partial charge in [-0.05, 0) is 18.2 Å². The summed E-state index contributed by atoms with van der Waals surface area (Å²) in [6.45, 7) is 0.233. The maximum atomic E-state index is 13.8. The van der Waals surface area contributed by atoms with Crippen LogP contribution in [0.25, 0.3) is 0 Å². The van der Waals surface area contributed by atoms with Crippen molar-refractivity contribution in [2.45, 2.75) is 18.1 Å². The van der Waals surface area contributed by atoms with Crippen LogP contribution in [0.2, 0.25) is 0 Å². The molecular formula is C11H15F3N4. The summed E-state index contributed by atoms with van der Waals surface area (Å²) in [5.74, 6) is -0.729. The topological polar surface area (TPSA) is 76.1 Å². The highest BCUT2D eigenvalue weighted by Crippen LogP contribution is 2.32. The molecule has 0 aliphatic carbocycles. The van der Waals surface area contributed by atoms with Gasteiger partial charge in [-0.2, -0.15) is 0 Å². The Bertz CT molecular complexity index is 440. The minimum absolute atomic E-state index is 0.112. The summed E-state index contributed by atoms with van der Waals surface area (Å²) < 4.78 is 40.6. The Morgan fingerprint density at radius 2 is 2.11 bits per heavy atom. The van der Waals surface area contributed by atoms with Gasteiger partial charge in [0.1, 0.15) is 11.4 Å².